The highest BCUT2D eigenvalue weighted by Crippen LogP contribution is 2.51. The van der Waals surface area contributed by atoms with Crippen molar-refractivity contribution in [2.45, 2.75) is 31.9 Å². The number of hydrogen-bond donors (Lipinski definition) is 1. The number of likely N-dealkylation sites (tertiary alicyclic amines) is 1. The van der Waals surface area contributed by atoms with Crippen molar-refractivity contribution in [1.82, 2.24) is 4.90 Å². The summed E-state index contributed by atoms with van der Waals surface area (Å²) in [6.07, 6.45) is 2.98. The SMILES string of the molecule is NC1CCN(C(=O)OCc2ccccc2)CC12CC2. The third-order valence-electron chi connectivity index (χ3n) is 4.36. The molecular formula is C15H20N2O2. The van der Waals surface area contributed by atoms with Crippen molar-refractivity contribution in [1.29, 1.82) is 0 Å². The Balaban J connectivity index is 1.53. The van der Waals surface area contributed by atoms with Crippen LogP contribution in [-0.4, -0.2) is 30.1 Å². The Morgan fingerprint density at radius 1 is 1.37 bits per heavy atom. The Kier molecular flexibility index (Phi) is 3.19. The van der Waals surface area contributed by atoms with Gasteiger partial charge in [-0.1, -0.05) is 30.3 Å². The Morgan fingerprint density at radius 3 is 2.79 bits per heavy atom. The van der Waals surface area contributed by atoms with Gasteiger partial charge in [-0.25, -0.2) is 4.79 Å². The molecule has 3 rings (SSSR count). The van der Waals surface area contributed by atoms with Gasteiger partial charge >= 0.3 is 6.09 Å². The van der Waals surface area contributed by atoms with E-state index in [9.17, 15) is 4.79 Å². The van der Waals surface area contributed by atoms with Crippen LogP contribution in [0.25, 0.3) is 0 Å². The van der Waals surface area contributed by atoms with Gasteiger partial charge in [0.15, 0.2) is 0 Å². The molecule has 1 aliphatic heterocycles. The number of benzene rings is 1. The molecule has 1 aromatic rings. The van der Waals surface area contributed by atoms with E-state index in [0.29, 0.717) is 6.61 Å². The fraction of sp³-hybridized carbons (Fsp3) is 0.533. The first-order valence-corrected chi connectivity index (χ1v) is 6.91. The molecule has 2 N–H and O–H groups in total. The van der Waals surface area contributed by atoms with Crippen LogP contribution in [0.15, 0.2) is 30.3 Å². The quantitative estimate of drug-likeness (QED) is 0.886. The molecule has 102 valence electrons. The standard InChI is InChI=1S/C15H20N2O2/c16-13-6-9-17(11-15(13)7-8-15)14(18)19-10-12-4-2-1-3-5-12/h1-5,13H,6-11,16H2. The van der Waals surface area contributed by atoms with E-state index in [1.54, 1.807) is 0 Å². The minimum Gasteiger partial charge on any atom is -0.445 e. The summed E-state index contributed by atoms with van der Waals surface area (Å²) in [4.78, 5) is 13.9. The molecule has 0 bridgehead atoms. The number of hydrogen-bond acceptors (Lipinski definition) is 3. The van der Waals surface area contributed by atoms with Crippen LogP contribution in [0.1, 0.15) is 24.8 Å². The van der Waals surface area contributed by atoms with Crippen LogP contribution in [0.3, 0.4) is 0 Å². The van der Waals surface area contributed by atoms with Crippen LogP contribution in [0.2, 0.25) is 0 Å². The number of carbonyl (C=O) groups is 1. The van der Waals surface area contributed by atoms with E-state index >= 15 is 0 Å². The van der Waals surface area contributed by atoms with E-state index in [0.717, 1.165) is 37.9 Å². The third kappa shape index (κ3) is 2.59. The van der Waals surface area contributed by atoms with Crippen LogP contribution in [0.4, 0.5) is 4.79 Å². The van der Waals surface area contributed by atoms with Crippen molar-refractivity contribution < 1.29 is 9.53 Å². The molecule has 1 atom stereocenters. The first-order valence-electron chi connectivity index (χ1n) is 6.91. The van der Waals surface area contributed by atoms with E-state index in [2.05, 4.69) is 0 Å². The summed E-state index contributed by atoms with van der Waals surface area (Å²) in [6, 6.07) is 10.0. The first kappa shape index (κ1) is 12.5. The second kappa shape index (κ2) is 4.85. The lowest BCUT2D eigenvalue weighted by molar-refractivity contribution is 0.0704. The summed E-state index contributed by atoms with van der Waals surface area (Å²) in [6.45, 7) is 1.83. The van der Waals surface area contributed by atoms with E-state index in [-0.39, 0.29) is 17.6 Å². The zero-order chi connectivity index (χ0) is 13.3. The molecule has 1 aliphatic carbocycles. The molecule has 1 unspecified atom stereocenters. The Hall–Kier alpha value is -1.55. The predicted molar refractivity (Wildman–Crippen MR) is 72.5 cm³/mol. The van der Waals surface area contributed by atoms with Gasteiger partial charge in [0.1, 0.15) is 6.61 Å². The Bertz CT molecular complexity index is 456. The predicted octanol–water partition coefficient (Wildman–Crippen LogP) is 2.14. The van der Waals surface area contributed by atoms with Crippen molar-refractivity contribution >= 4 is 6.09 Å². The minimum atomic E-state index is -0.206. The number of amides is 1. The molecular weight excluding hydrogens is 240 g/mol. The van der Waals surface area contributed by atoms with E-state index < -0.39 is 0 Å². The van der Waals surface area contributed by atoms with Crippen LogP contribution in [-0.2, 0) is 11.3 Å². The average Bonchev–Trinajstić information content (AvgIpc) is 3.21. The van der Waals surface area contributed by atoms with Crippen molar-refractivity contribution in [2.75, 3.05) is 13.1 Å². The second-order valence-corrected chi connectivity index (χ2v) is 5.72. The summed E-state index contributed by atoms with van der Waals surface area (Å²) >= 11 is 0. The Labute approximate surface area is 113 Å². The molecule has 19 heavy (non-hydrogen) atoms. The lowest BCUT2D eigenvalue weighted by atomic mass is 9.90. The largest absolute Gasteiger partial charge is 0.445 e. The fourth-order valence-corrected chi connectivity index (χ4v) is 2.83. The topological polar surface area (TPSA) is 55.6 Å². The van der Waals surface area contributed by atoms with Crippen LogP contribution < -0.4 is 5.73 Å². The monoisotopic (exact) mass is 260 g/mol. The molecule has 2 aliphatic rings. The second-order valence-electron chi connectivity index (χ2n) is 5.72. The zero-order valence-corrected chi connectivity index (χ0v) is 11.0. The van der Waals surface area contributed by atoms with E-state index in [4.69, 9.17) is 10.5 Å². The van der Waals surface area contributed by atoms with Crippen LogP contribution in [0, 0.1) is 5.41 Å². The lowest BCUT2D eigenvalue weighted by Crippen LogP contribution is -2.50. The summed E-state index contributed by atoms with van der Waals surface area (Å²) in [5, 5.41) is 0. The molecule has 1 amide bonds. The lowest BCUT2D eigenvalue weighted by Gasteiger charge is -2.36. The number of carbonyl (C=O) groups excluding carboxylic acids is 1. The summed E-state index contributed by atoms with van der Waals surface area (Å²) < 4.78 is 5.37. The molecule has 4 heteroatoms. The van der Waals surface area contributed by atoms with Crippen LogP contribution in [0.5, 0.6) is 0 Å². The smallest absolute Gasteiger partial charge is 0.410 e. The molecule has 0 radical (unpaired) electrons. The minimum absolute atomic E-state index is 0.198. The van der Waals surface area contributed by atoms with Gasteiger partial charge in [-0.2, -0.15) is 0 Å². The normalized spacial score (nSPS) is 24.3. The summed E-state index contributed by atoms with van der Waals surface area (Å²) in [7, 11) is 0. The maximum absolute atomic E-state index is 12.1. The molecule has 1 aromatic carbocycles. The molecule has 1 saturated carbocycles. The van der Waals surface area contributed by atoms with Crippen molar-refractivity contribution in [3.63, 3.8) is 0 Å². The van der Waals surface area contributed by atoms with Gasteiger partial charge in [0.25, 0.3) is 0 Å². The third-order valence-corrected chi connectivity index (χ3v) is 4.36. The molecule has 0 aromatic heterocycles. The summed E-state index contributed by atoms with van der Waals surface area (Å²) in [5.74, 6) is 0. The average molecular weight is 260 g/mol. The highest BCUT2D eigenvalue weighted by atomic mass is 16.6. The zero-order valence-electron chi connectivity index (χ0n) is 11.0. The number of piperidine rings is 1. The van der Waals surface area contributed by atoms with Gasteiger partial charge in [0.2, 0.25) is 0 Å². The highest BCUT2D eigenvalue weighted by molar-refractivity contribution is 5.68. The van der Waals surface area contributed by atoms with Gasteiger partial charge in [-0.15, -0.1) is 0 Å². The number of ether oxygens (including phenoxy) is 1. The molecule has 1 heterocycles. The van der Waals surface area contributed by atoms with Crippen LogP contribution >= 0.6 is 0 Å². The number of nitrogens with zero attached hydrogens (tertiary/aromatic N) is 1. The van der Waals surface area contributed by atoms with Gasteiger partial charge in [0, 0.05) is 24.5 Å². The van der Waals surface area contributed by atoms with E-state index in [1.807, 2.05) is 35.2 Å². The van der Waals surface area contributed by atoms with Crippen molar-refractivity contribution in [3.8, 4) is 0 Å². The number of nitrogens with two attached hydrogens (primary N) is 1. The Morgan fingerprint density at radius 2 is 2.11 bits per heavy atom. The van der Waals surface area contributed by atoms with Gasteiger partial charge in [-0.05, 0) is 24.8 Å². The number of rotatable bonds is 2. The van der Waals surface area contributed by atoms with Gasteiger partial charge in [-0.3, -0.25) is 0 Å². The maximum Gasteiger partial charge on any atom is 0.410 e. The van der Waals surface area contributed by atoms with Crippen molar-refractivity contribution in [3.05, 3.63) is 35.9 Å². The maximum atomic E-state index is 12.1. The highest BCUT2D eigenvalue weighted by Gasteiger charge is 2.51. The molecule has 1 spiro atoms. The first-order chi connectivity index (χ1) is 9.20. The molecule has 2 fully saturated rings. The van der Waals surface area contributed by atoms with E-state index in [1.165, 1.54) is 0 Å². The summed E-state index contributed by atoms with van der Waals surface area (Å²) in [5.41, 5.74) is 7.34. The van der Waals surface area contributed by atoms with Gasteiger partial charge in [0.05, 0.1) is 0 Å². The molecule has 1 saturated heterocycles. The fourth-order valence-electron chi connectivity index (χ4n) is 2.83. The van der Waals surface area contributed by atoms with Crippen molar-refractivity contribution in [2.24, 2.45) is 11.1 Å². The molecule has 4 nitrogen and oxygen atoms in total. The van der Waals surface area contributed by atoms with Gasteiger partial charge < -0.3 is 15.4 Å².